The summed E-state index contributed by atoms with van der Waals surface area (Å²) in [5.41, 5.74) is 10.9. The van der Waals surface area contributed by atoms with E-state index in [9.17, 15) is 4.79 Å². The van der Waals surface area contributed by atoms with Crippen LogP contribution in [0.3, 0.4) is 0 Å². The minimum atomic E-state index is -0.151. The Bertz CT molecular complexity index is 824. The zero-order valence-electron chi connectivity index (χ0n) is 12.9. The SMILES string of the molecule is Cc1c(N)cccc1C(=O)Nc1ccc(-c2ccccc2)cc1. The molecular weight excluding hydrogens is 284 g/mol. The average Bonchev–Trinajstić information content (AvgIpc) is 2.59. The van der Waals surface area contributed by atoms with Crippen LogP contribution in [0, 0.1) is 6.92 Å². The highest BCUT2D eigenvalue weighted by Crippen LogP contribution is 2.22. The molecule has 0 atom stereocenters. The highest BCUT2D eigenvalue weighted by molar-refractivity contribution is 6.06. The van der Waals surface area contributed by atoms with Crippen LogP contribution in [-0.4, -0.2) is 5.91 Å². The summed E-state index contributed by atoms with van der Waals surface area (Å²) >= 11 is 0. The fraction of sp³-hybridized carbons (Fsp3) is 0.0500. The molecule has 3 aromatic carbocycles. The van der Waals surface area contributed by atoms with Crippen LogP contribution in [0.25, 0.3) is 11.1 Å². The summed E-state index contributed by atoms with van der Waals surface area (Å²) in [6, 6.07) is 23.3. The first-order chi connectivity index (χ1) is 11.1. The minimum absolute atomic E-state index is 0.151. The van der Waals surface area contributed by atoms with Crippen molar-refractivity contribution in [2.45, 2.75) is 6.92 Å². The molecule has 0 radical (unpaired) electrons. The second-order valence-electron chi connectivity index (χ2n) is 5.42. The van der Waals surface area contributed by atoms with Gasteiger partial charge in [0.1, 0.15) is 0 Å². The number of nitrogens with two attached hydrogens (primary N) is 1. The number of amides is 1. The van der Waals surface area contributed by atoms with Gasteiger partial charge in [0.25, 0.3) is 5.91 Å². The summed E-state index contributed by atoms with van der Waals surface area (Å²) in [6.45, 7) is 1.85. The van der Waals surface area contributed by atoms with E-state index >= 15 is 0 Å². The highest BCUT2D eigenvalue weighted by atomic mass is 16.1. The molecule has 1 amide bonds. The number of nitrogen functional groups attached to an aromatic ring is 1. The highest BCUT2D eigenvalue weighted by Gasteiger charge is 2.10. The summed E-state index contributed by atoms with van der Waals surface area (Å²) in [5, 5.41) is 2.91. The molecule has 0 saturated heterocycles. The van der Waals surface area contributed by atoms with Crippen molar-refractivity contribution in [1.29, 1.82) is 0 Å². The number of carbonyl (C=O) groups excluding carboxylic acids is 1. The van der Waals surface area contributed by atoms with Gasteiger partial charge in [0.2, 0.25) is 0 Å². The Morgan fingerprint density at radius 1 is 0.826 bits per heavy atom. The number of benzene rings is 3. The van der Waals surface area contributed by atoms with Crippen molar-refractivity contribution in [3.63, 3.8) is 0 Å². The summed E-state index contributed by atoms with van der Waals surface area (Å²) in [6.07, 6.45) is 0. The first-order valence-electron chi connectivity index (χ1n) is 7.47. The Labute approximate surface area is 135 Å². The Kier molecular flexibility index (Phi) is 4.11. The quantitative estimate of drug-likeness (QED) is 0.700. The monoisotopic (exact) mass is 302 g/mol. The van der Waals surface area contributed by atoms with Gasteiger partial charge < -0.3 is 11.1 Å². The van der Waals surface area contributed by atoms with Crippen molar-refractivity contribution in [2.75, 3.05) is 11.1 Å². The third kappa shape index (κ3) is 3.24. The Morgan fingerprint density at radius 3 is 2.17 bits per heavy atom. The molecule has 0 unspecified atom stereocenters. The predicted molar refractivity (Wildman–Crippen MR) is 95.4 cm³/mol. The number of anilines is 2. The normalized spacial score (nSPS) is 10.3. The lowest BCUT2D eigenvalue weighted by atomic mass is 10.0. The van der Waals surface area contributed by atoms with Gasteiger partial charge in [-0.25, -0.2) is 0 Å². The maximum absolute atomic E-state index is 12.4. The van der Waals surface area contributed by atoms with Crippen LogP contribution in [0.1, 0.15) is 15.9 Å². The number of hydrogen-bond acceptors (Lipinski definition) is 2. The molecule has 0 fully saturated rings. The number of rotatable bonds is 3. The molecule has 3 heteroatoms. The summed E-state index contributed by atoms with van der Waals surface area (Å²) in [4.78, 5) is 12.4. The van der Waals surface area contributed by atoms with Gasteiger partial charge in [-0.15, -0.1) is 0 Å². The van der Waals surface area contributed by atoms with Crippen LogP contribution in [0.2, 0.25) is 0 Å². The van der Waals surface area contributed by atoms with E-state index in [2.05, 4.69) is 17.4 Å². The average molecular weight is 302 g/mol. The Morgan fingerprint density at radius 2 is 1.48 bits per heavy atom. The van der Waals surface area contributed by atoms with Crippen LogP contribution in [0.4, 0.5) is 11.4 Å². The number of hydrogen-bond donors (Lipinski definition) is 2. The summed E-state index contributed by atoms with van der Waals surface area (Å²) in [7, 11) is 0. The van der Waals surface area contributed by atoms with Gasteiger partial charge in [0.15, 0.2) is 0 Å². The molecule has 0 aromatic heterocycles. The van der Waals surface area contributed by atoms with Crippen LogP contribution < -0.4 is 11.1 Å². The molecule has 0 spiro atoms. The largest absolute Gasteiger partial charge is 0.398 e. The fourth-order valence-electron chi connectivity index (χ4n) is 2.47. The third-order valence-electron chi connectivity index (χ3n) is 3.87. The van der Waals surface area contributed by atoms with Crippen LogP contribution in [0.5, 0.6) is 0 Å². The zero-order chi connectivity index (χ0) is 16.2. The van der Waals surface area contributed by atoms with Gasteiger partial charge >= 0.3 is 0 Å². The van der Waals surface area contributed by atoms with Gasteiger partial charge in [-0.2, -0.15) is 0 Å². The van der Waals surface area contributed by atoms with Crippen molar-refractivity contribution < 1.29 is 4.79 Å². The topological polar surface area (TPSA) is 55.1 Å². The molecule has 0 aliphatic carbocycles. The van der Waals surface area contributed by atoms with E-state index < -0.39 is 0 Å². The van der Waals surface area contributed by atoms with E-state index in [0.29, 0.717) is 11.3 Å². The lowest BCUT2D eigenvalue weighted by Gasteiger charge is -2.10. The van der Waals surface area contributed by atoms with E-state index in [-0.39, 0.29) is 5.91 Å². The van der Waals surface area contributed by atoms with E-state index in [1.807, 2.05) is 49.4 Å². The van der Waals surface area contributed by atoms with Crippen LogP contribution in [0.15, 0.2) is 72.8 Å². The Hall–Kier alpha value is -3.07. The van der Waals surface area contributed by atoms with Crippen molar-refractivity contribution in [3.8, 4) is 11.1 Å². The molecule has 0 aliphatic heterocycles. The fourth-order valence-corrected chi connectivity index (χ4v) is 2.47. The molecule has 3 N–H and O–H groups in total. The Balaban J connectivity index is 1.78. The molecule has 3 nitrogen and oxygen atoms in total. The van der Waals surface area contributed by atoms with Gasteiger partial charge in [-0.1, -0.05) is 48.5 Å². The number of carbonyl (C=O) groups is 1. The smallest absolute Gasteiger partial charge is 0.256 e. The predicted octanol–water partition coefficient (Wildman–Crippen LogP) is 4.50. The van der Waals surface area contributed by atoms with Crippen molar-refractivity contribution in [2.24, 2.45) is 0 Å². The van der Waals surface area contributed by atoms with Crippen molar-refractivity contribution >= 4 is 17.3 Å². The molecule has 3 aromatic rings. The molecular formula is C20H18N2O. The maximum Gasteiger partial charge on any atom is 0.256 e. The molecule has 23 heavy (non-hydrogen) atoms. The van der Waals surface area contributed by atoms with E-state index in [1.165, 1.54) is 0 Å². The van der Waals surface area contributed by atoms with Gasteiger partial charge in [-0.3, -0.25) is 4.79 Å². The molecule has 114 valence electrons. The first kappa shape index (κ1) is 14.9. The van der Waals surface area contributed by atoms with Crippen LogP contribution in [-0.2, 0) is 0 Å². The van der Waals surface area contributed by atoms with Gasteiger partial charge in [-0.05, 0) is 47.9 Å². The second-order valence-corrected chi connectivity index (χ2v) is 5.42. The first-order valence-corrected chi connectivity index (χ1v) is 7.47. The molecule has 0 bridgehead atoms. The number of nitrogens with one attached hydrogen (secondary N) is 1. The third-order valence-corrected chi connectivity index (χ3v) is 3.87. The molecule has 0 heterocycles. The van der Waals surface area contributed by atoms with E-state index in [1.54, 1.807) is 18.2 Å². The lowest BCUT2D eigenvalue weighted by Crippen LogP contribution is -2.14. The standard InChI is InChI=1S/C20H18N2O/c1-14-18(8-5-9-19(14)21)20(23)22-17-12-10-16(11-13-17)15-6-3-2-4-7-15/h2-13H,21H2,1H3,(H,22,23). The second kappa shape index (κ2) is 6.36. The van der Waals surface area contributed by atoms with Gasteiger partial charge in [0.05, 0.1) is 0 Å². The lowest BCUT2D eigenvalue weighted by molar-refractivity contribution is 0.102. The molecule has 3 rings (SSSR count). The van der Waals surface area contributed by atoms with Crippen molar-refractivity contribution in [1.82, 2.24) is 0 Å². The molecule has 0 saturated carbocycles. The minimum Gasteiger partial charge on any atom is -0.398 e. The van der Waals surface area contributed by atoms with Crippen molar-refractivity contribution in [3.05, 3.63) is 83.9 Å². The van der Waals surface area contributed by atoms with Gasteiger partial charge in [0, 0.05) is 16.9 Å². The summed E-state index contributed by atoms with van der Waals surface area (Å²) in [5.74, 6) is -0.151. The zero-order valence-corrected chi connectivity index (χ0v) is 12.9. The molecule has 0 aliphatic rings. The maximum atomic E-state index is 12.4. The van der Waals surface area contributed by atoms with Crippen LogP contribution >= 0.6 is 0 Å². The summed E-state index contributed by atoms with van der Waals surface area (Å²) < 4.78 is 0. The van der Waals surface area contributed by atoms with E-state index in [4.69, 9.17) is 5.73 Å². The van der Waals surface area contributed by atoms with E-state index in [0.717, 1.165) is 22.4 Å².